The van der Waals surface area contributed by atoms with Gasteiger partial charge in [0, 0.05) is 41.7 Å². The van der Waals surface area contributed by atoms with Crippen LogP contribution in [0, 0.1) is 0 Å². The van der Waals surface area contributed by atoms with Crippen LogP contribution in [0.15, 0.2) is 182 Å². The molecule has 11 heteroatoms. The second kappa shape index (κ2) is 23.4. The summed E-state index contributed by atoms with van der Waals surface area (Å²) >= 11 is 0. The monoisotopic (exact) mass is 762 g/mol. The van der Waals surface area contributed by atoms with Crippen molar-refractivity contribution in [2.45, 2.75) is 0 Å². The summed E-state index contributed by atoms with van der Waals surface area (Å²) in [5.41, 5.74) is 0. The summed E-state index contributed by atoms with van der Waals surface area (Å²) in [5.74, 6) is 0. The molecule has 0 aliphatic carbocycles. The van der Waals surface area contributed by atoms with Crippen LogP contribution in [0.25, 0.3) is 0 Å². The molecule has 0 nitrogen and oxygen atoms in total. The number of hydrogen-bond acceptors (Lipinski definition) is 0. The van der Waals surface area contributed by atoms with Gasteiger partial charge in [-0.1, -0.05) is 109 Å². The van der Waals surface area contributed by atoms with Gasteiger partial charge in [0.05, 0.1) is 15.8 Å². The third kappa shape index (κ3) is 15.3. The Hall–Kier alpha value is -2.89. The minimum Gasteiger partial charge on any atom is -0.0620 e. The van der Waals surface area contributed by atoms with Crippen LogP contribution in [0.5, 0.6) is 0 Å². The topological polar surface area (TPSA) is 0 Å². The number of halogens is 6. The molecule has 47 heavy (non-hydrogen) atoms. The molecular weight excluding hydrogens is 729 g/mol. The van der Waals surface area contributed by atoms with Crippen LogP contribution in [0.2, 0.25) is 0 Å². The summed E-state index contributed by atoms with van der Waals surface area (Å²) in [4.78, 5) is 0. The van der Waals surface area contributed by atoms with Gasteiger partial charge in [-0.3, -0.25) is 0 Å². The Balaban J connectivity index is 0.000000262. The SMILES string of the molecule is F[PH+](F)F.F[PH+](F)F.[Ni].c1ccc([PH+](c2ccccc2)c2ccccc2)cc1.c1ccc([PH+](c2ccccc2)c2ccccc2)cc1. The summed E-state index contributed by atoms with van der Waals surface area (Å²) in [6.07, 6.45) is 0. The van der Waals surface area contributed by atoms with Gasteiger partial charge >= 0.3 is 17.7 Å². The number of rotatable bonds is 6. The van der Waals surface area contributed by atoms with E-state index in [4.69, 9.17) is 0 Å². The van der Waals surface area contributed by atoms with Crippen molar-refractivity contribution in [3.05, 3.63) is 182 Å². The van der Waals surface area contributed by atoms with E-state index in [1.165, 1.54) is 31.8 Å². The largest absolute Gasteiger partial charge is 0.558 e. The molecular formula is C36H34F6NiP4+4. The summed E-state index contributed by atoms with van der Waals surface area (Å²) in [6, 6.07) is 65.0. The first-order valence-electron chi connectivity index (χ1n) is 14.1. The third-order valence-electron chi connectivity index (χ3n) is 6.37. The first-order valence-corrected chi connectivity index (χ1v) is 19.4. The fraction of sp³-hybridized carbons (Fsp3) is 0. The van der Waals surface area contributed by atoms with Gasteiger partial charge < -0.3 is 0 Å². The molecule has 0 bridgehead atoms. The van der Waals surface area contributed by atoms with Gasteiger partial charge in [-0.25, -0.2) is 0 Å². The van der Waals surface area contributed by atoms with Gasteiger partial charge in [-0.15, -0.1) is 0 Å². The molecule has 0 amide bonds. The van der Waals surface area contributed by atoms with E-state index >= 15 is 0 Å². The average Bonchev–Trinajstić information content (AvgIpc) is 3.08. The molecule has 6 aromatic carbocycles. The molecule has 6 rings (SSSR count). The van der Waals surface area contributed by atoms with Gasteiger partial charge in [-0.05, 0) is 72.8 Å². The summed E-state index contributed by atoms with van der Waals surface area (Å²) < 4.78 is 58.6. The molecule has 0 aliphatic rings. The number of benzene rings is 6. The van der Waals surface area contributed by atoms with Gasteiger partial charge in [0.15, 0.2) is 0 Å². The quantitative estimate of drug-likeness (QED) is 0.0901. The molecule has 0 saturated heterocycles. The summed E-state index contributed by atoms with van der Waals surface area (Å²) in [5, 5.41) is 8.61. The Kier molecular flexibility index (Phi) is 20.1. The molecule has 0 atom stereocenters. The van der Waals surface area contributed by atoms with Gasteiger partial charge in [0.2, 0.25) is 0 Å². The molecule has 0 aromatic heterocycles. The van der Waals surface area contributed by atoms with E-state index in [9.17, 15) is 25.2 Å². The summed E-state index contributed by atoms with van der Waals surface area (Å²) in [7, 11) is -10.5. The summed E-state index contributed by atoms with van der Waals surface area (Å²) in [6.45, 7) is 0. The van der Waals surface area contributed by atoms with Gasteiger partial charge in [0.1, 0.15) is 31.8 Å². The van der Waals surface area contributed by atoms with Crippen LogP contribution < -0.4 is 31.8 Å². The van der Waals surface area contributed by atoms with Crippen molar-refractivity contribution in [3.63, 3.8) is 0 Å². The predicted molar refractivity (Wildman–Crippen MR) is 196 cm³/mol. The Morgan fingerprint density at radius 2 is 0.340 bits per heavy atom. The smallest absolute Gasteiger partial charge is 0.0620 e. The molecule has 0 unspecified atom stereocenters. The van der Waals surface area contributed by atoms with Crippen molar-refractivity contribution < 1.29 is 41.7 Å². The molecule has 0 spiro atoms. The second-order valence-electron chi connectivity index (χ2n) is 9.37. The maximum atomic E-state index is 9.77. The standard InChI is InChI=1S/2C18H15P.2F3HP.Ni/c2*1-4-10-16(11-5-1)19(17-12-6-2-7-13-17)18-14-8-3-9-15-18;2*1-4(2)3;/h2*1-15H;2*4H;/q;;2*+1;/p+2. The molecule has 0 fully saturated rings. The van der Waals surface area contributed by atoms with Crippen LogP contribution in [-0.2, 0) is 16.5 Å². The number of hydrogen-bond donors (Lipinski definition) is 0. The van der Waals surface area contributed by atoms with E-state index < -0.39 is 33.6 Å². The predicted octanol–water partition coefficient (Wildman–Crippen LogP) is 10.1. The van der Waals surface area contributed by atoms with E-state index in [-0.39, 0.29) is 16.5 Å². The van der Waals surface area contributed by atoms with Crippen LogP contribution in [-0.4, -0.2) is 0 Å². The van der Waals surface area contributed by atoms with Crippen molar-refractivity contribution in [1.29, 1.82) is 0 Å². The van der Waals surface area contributed by atoms with Crippen molar-refractivity contribution in [3.8, 4) is 0 Å². The van der Waals surface area contributed by atoms with Crippen molar-refractivity contribution in [2.75, 3.05) is 0 Å². The molecule has 0 saturated carbocycles. The second-order valence-corrected chi connectivity index (χ2v) is 15.2. The minimum atomic E-state index is -4.38. The van der Waals surface area contributed by atoms with Gasteiger partial charge in [0.25, 0.3) is 0 Å². The van der Waals surface area contributed by atoms with Crippen molar-refractivity contribution in [2.24, 2.45) is 0 Å². The molecule has 6 aromatic rings. The Morgan fingerprint density at radius 1 is 0.234 bits per heavy atom. The Bertz CT molecular complexity index is 1290. The van der Waals surface area contributed by atoms with Crippen LogP contribution >= 0.6 is 33.6 Å². The van der Waals surface area contributed by atoms with E-state index in [2.05, 4.69) is 182 Å². The molecule has 0 N–H and O–H groups in total. The molecule has 246 valence electrons. The fourth-order valence-corrected chi connectivity index (χ4v) is 9.78. The first kappa shape index (κ1) is 40.3. The zero-order chi connectivity index (χ0) is 33.0. The zero-order valence-corrected chi connectivity index (χ0v) is 29.9. The maximum Gasteiger partial charge on any atom is 0.558 e. The van der Waals surface area contributed by atoms with Crippen molar-refractivity contribution >= 4 is 65.4 Å². The third-order valence-corrected chi connectivity index (χ3v) is 11.8. The van der Waals surface area contributed by atoms with E-state index in [0.29, 0.717) is 0 Å². The van der Waals surface area contributed by atoms with Crippen LogP contribution in [0.3, 0.4) is 0 Å². The van der Waals surface area contributed by atoms with E-state index in [1.54, 1.807) is 0 Å². The maximum absolute atomic E-state index is 9.77. The normalized spacial score (nSPS) is 10.1. The van der Waals surface area contributed by atoms with E-state index in [1.807, 2.05) is 0 Å². The minimum absolute atomic E-state index is 0. The Labute approximate surface area is 288 Å². The average molecular weight is 763 g/mol. The van der Waals surface area contributed by atoms with Crippen LogP contribution in [0.1, 0.15) is 0 Å². The van der Waals surface area contributed by atoms with E-state index in [0.717, 1.165) is 0 Å². The fourth-order valence-electron chi connectivity index (χ4n) is 4.63. The molecule has 0 radical (unpaired) electrons. The van der Waals surface area contributed by atoms with Gasteiger partial charge in [-0.2, -0.15) is 0 Å². The first-order chi connectivity index (χ1) is 22.4. The molecule has 0 aliphatic heterocycles. The zero-order valence-electron chi connectivity index (χ0n) is 24.9. The Morgan fingerprint density at radius 3 is 0.447 bits per heavy atom. The van der Waals surface area contributed by atoms with Crippen molar-refractivity contribution in [1.82, 2.24) is 0 Å². The molecule has 0 heterocycles. The van der Waals surface area contributed by atoms with Crippen LogP contribution in [0.4, 0.5) is 25.2 Å².